The second-order valence-electron chi connectivity index (χ2n) is 4.96. The van der Waals surface area contributed by atoms with Gasteiger partial charge in [0.1, 0.15) is 0 Å². The van der Waals surface area contributed by atoms with Crippen LogP contribution in [-0.2, 0) is 16.0 Å². The first-order chi connectivity index (χ1) is 11.2. The second kappa shape index (κ2) is 9.07. The molecule has 1 aromatic carbocycles. The van der Waals surface area contributed by atoms with E-state index in [1.165, 1.54) is 30.3 Å². The topological polar surface area (TPSA) is 75.6 Å². The highest BCUT2D eigenvalue weighted by atomic mass is 19.4. The third-order valence-electron chi connectivity index (χ3n) is 3.06. The van der Waals surface area contributed by atoms with E-state index < -0.39 is 30.5 Å². The molecule has 1 aromatic rings. The first kappa shape index (κ1) is 19.7. The van der Waals surface area contributed by atoms with Crippen LogP contribution in [0.4, 0.5) is 13.2 Å². The van der Waals surface area contributed by atoms with Gasteiger partial charge in [-0.25, -0.2) is 4.79 Å². The van der Waals surface area contributed by atoms with E-state index in [2.05, 4.69) is 11.9 Å². The Balaban J connectivity index is 2.82. The number of hydrogen-bond acceptors (Lipinski definition) is 3. The summed E-state index contributed by atoms with van der Waals surface area (Å²) in [6, 6.07) is 4.46. The molecule has 8 heteroatoms. The number of aryl methyl sites for hydroxylation is 1. The van der Waals surface area contributed by atoms with E-state index in [1.54, 1.807) is 0 Å². The summed E-state index contributed by atoms with van der Waals surface area (Å²) in [5, 5.41) is 11.3. The Morgan fingerprint density at radius 3 is 2.58 bits per heavy atom. The number of halogens is 3. The van der Waals surface area contributed by atoms with Crippen LogP contribution in [0, 0.1) is 0 Å². The van der Waals surface area contributed by atoms with Crippen molar-refractivity contribution in [3.63, 3.8) is 0 Å². The molecule has 1 amide bonds. The molecule has 0 aliphatic carbocycles. The normalized spacial score (nSPS) is 12.5. The molecule has 0 radical (unpaired) electrons. The molecule has 1 atom stereocenters. The van der Waals surface area contributed by atoms with Crippen LogP contribution in [0.5, 0.6) is 0 Å². The third-order valence-corrected chi connectivity index (χ3v) is 3.06. The molecule has 1 rings (SSSR count). The zero-order valence-electron chi connectivity index (χ0n) is 12.8. The van der Waals surface area contributed by atoms with Crippen LogP contribution in [0.3, 0.4) is 0 Å². The van der Waals surface area contributed by atoms with Gasteiger partial charge in [-0.2, -0.15) is 13.2 Å². The SMILES string of the molecule is C=CCOCC(NC(=O)c1ccccc1CCC(F)(F)F)C(=O)O. The van der Waals surface area contributed by atoms with Crippen LogP contribution in [0.15, 0.2) is 36.9 Å². The van der Waals surface area contributed by atoms with Crippen molar-refractivity contribution < 1.29 is 32.6 Å². The molecule has 1 unspecified atom stereocenters. The summed E-state index contributed by atoms with van der Waals surface area (Å²) in [5.74, 6) is -2.07. The Kier molecular flexibility index (Phi) is 7.44. The molecule has 0 aromatic heterocycles. The number of amides is 1. The number of alkyl halides is 3. The molecular formula is C16H18F3NO4. The van der Waals surface area contributed by atoms with Crippen molar-refractivity contribution in [1.29, 1.82) is 0 Å². The molecule has 0 saturated heterocycles. The van der Waals surface area contributed by atoms with Crippen molar-refractivity contribution in [2.45, 2.75) is 25.1 Å². The zero-order valence-corrected chi connectivity index (χ0v) is 12.8. The van der Waals surface area contributed by atoms with Crippen molar-refractivity contribution in [2.24, 2.45) is 0 Å². The molecule has 0 aliphatic rings. The highest BCUT2D eigenvalue weighted by molar-refractivity contribution is 5.97. The van der Waals surface area contributed by atoms with Crippen molar-refractivity contribution in [2.75, 3.05) is 13.2 Å². The molecule has 0 spiro atoms. The summed E-state index contributed by atoms with van der Waals surface area (Å²) in [6.07, 6.45) is -4.35. The van der Waals surface area contributed by atoms with Crippen LogP contribution >= 0.6 is 0 Å². The Labute approximate surface area is 137 Å². The third kappa shape index (κ3) is 6.82. The number of hydrogen-bond donors (Lipinski definition) is 2. The standard InChI is InChI=1S/C16H18F3NO4/c1-2-9-24-10-13(15(22)23)20-14(21)12-6-4-3-5-11(12)7-8-16(17,18)19/h2-6,13H,1,7-10H2,(H,20,21)(H,22,23). The number of carboxylic acid groups (broad SMARTS) is 1. The second-order valence-corrected chi connectivity index (χ2v) is 4.96. The van der Waals surface area contributed by atoms with Gasteiger partial charge >= 0.3 is 12.1 Å². The Bertz CT molecular complexity index is 587. The lowest BCUT2D eigenvalue weighted by Gasteiger charge is -2.16. The minimum absolute atomic E-state index is 0.0109. The van der Waals surface area contributed by atoms with Crippen molar-refractivity contribution in [1.82, 2.24) is 5.32 Å². The Hall–Kier alpha value is -2.35. The van der Waals surface area contributed by atoms with Gasteiger partial charge in [-0.3, -0.25) is 4.79 Å². The molecule has 2 N–H and O–H groups in total. The van der Waals surface area contributed by atoms with Crippen LogP contribution in [0.2, 0.25) is 0 Å². The monoisotopic (exact) mass is 345 g/mol. The summed E-state index contributed by atoms with van der Waals surface area (Å²) < 4.78 is 42.1. The Morgan fingerprint density at radius 1 is 1.33 bits per heavy atom. The lowest BCUT2D eigenvalue weighted by molar-refractivity contribution is -0.140. The van der Waals surface area contributed by atoms with Crippen molar-refractivity contribution in [3.8, 4) is 0 Å². The van der Waals surface area contributed by atoms with E-state index >= 15 is 0 Å². The lowest BCUT2D eigenvalue weighted by Crippen LogP contribution is -2.44. The van der Waals surface area contributed by atoms with Gasteiger partial charge in [-0.15, -0.1) is 6.58 Å². The van der Waals surface area contributed by atoms with Gasteiger partial charge in [0.2, 0.25) is 0 Å². The number of rotatable bonds is 9. The molecule has 0 heterocycles. The molecular weight excluding hydrogens is 327 g/mol. The van der Waals surface area contributed by atoms with Gasteiger partial charge in [0.05, 0.1) is 13.2 Å². The van der Waals surface area contributed by atoms with Crippen molar-refractivity contribution >= 4 is 11.9 Å². The number of benzene rings is 1. The molecule has 0 fully saturated rings. The predicted molar refractivity (Wildman–Crippen MR) is 80.7 cm³/mol. The fourth-order valence-corrected chi connectivity index (χ4v) is 1.92. The number of carbonyl (C=O) groups is 2. The average molecular weight is 345 g/mol. The molecule has 24 heavy (non-hydrogen) atoms. The Morgan fingerprint density at radius 2 is 2.00 bits per heavy atom. The maximum atomic E-state index is 12.4. The van der Waals surface area contributed by atoms with E-state index in [1.807, 2.05) is 0 Å². The number of nitrogens with one attached hydrogen (secondary N) is 1. The zero-order chi connectivity index (χ0) is 18.2. The summed E-state index contributed by atoms with van der Waals surface area (Å²) in [7, 11) is 0. The highest BCUT2D eigenvalue weighted by Crippen LogP contribution is 2.23. The minimum Gasteiger partial charge on any atom is -0.480 e. The van der Waals surface area contributed by atoms with E-state index in [4.69, 9.17) is 9.84 Å². The summed E-state index contributed by atoms with van der Waals surface area (Å²) in [5.41, 5.74) is 0.209. The maximum Gasteiger partial charge on any atom is 0.389 e. The van der Waals surface area contributed by atoms with Crippen LogP contribution in [-0.4, -0.2) is 42.4 Å². The molecule has 0 aliphatic heterocycles. The van der Waals surface area contributed by atoms with E-state index in [9.17, 15) is 22.8 Å². The molecule has 5 nitrogen and oxygen atoms in total. The molecule has 0 bridgehead atoms. The number of aliphatic carboxylic acids is 1. The fraction of sp³-hybridized carbons (Fsp3) is 0.375. The van der Waals surface area contributed by atoms with Gasteiger partial charge in [-0.1, -0.05) is 24.3 Å². The number of carbonyl (C=O) groups excluding carboxylic acids is 1. The first-order valence-electron chi connectivity index (χ1n) is 7.11. The van der Waals surface area contributed by atoms with E-state index in [0.717, 1.165) is 0 Å². The fourth-order valence-electron chi connectivity index (χ4n) is 1.92. The summed E-state index contributed by atoms with van der Waals surface area (Å²) in [4.78, 5) is 23.3. The number of ether oxygens (including phenoxy) is 1. The predicted octanol–water partition coefficient (Wildman–Crippen LogP) is 2.57. The average Bonchev–Trinajstić information content (AvgIpc) is 2.51. The molecule has 0 saturated carbocycles. The summed E-state index contributed by atoms with van der Waals surface area (Å²) >= 11 is 0. The van der Waals surface area contributed by atoms with Gasteiger partial charge in [0.15, 0.2) is 6.04 Å². The van der Waals surface area contributed by atoms with Crippen LogP contribution < -0.4 is 5.32 Å². The quantitative estimate of drug-likeness (QED) is 0.533. The highest BCUT2D eigenvalue weighted by Gasteiger charge is 2.28. The van der Waals surface area contributed by atoms with Gasteiger partial charge in [-0.05, 0) is 18.1 Å². The van der Waals surface area contributed by atoms with E-state index in [0.29, 0.717) is 0 Å². The molecule has 132 valence electrons. The van der Waals surface area contributed by atoms with Gasteiger partial charge in [0.25, 0.3) is 5.91 Å². The lowest BCUT2D eigenvalue weighted by atomic mass is 10.0. The number of carboxylic acids is 1. The van der Waals surface area contributed by atoms with Crippen molar-refractivity contribution in [3.05, 3.63) is 48.0 Å². The van der Waals surface area contributed by atoms with Crippen LogP contribution in [0.1, 0.15) is 22.3 Å². The smallest absolute Gasteiger partial charge is 0.389 e. The largest absolute Gasteiger partial charge is 0.480 e. The maximum absolute atomic E-state index is 12.4. The van der Waals surface area contributed by atoms with Crippen LogP contribution in [0.25, 0.3) is 0 Å². The van der Waals surface area contributed by atoms with Gasteiger partial charge in [0, 0.05) is 12.0 Å². The van der Waals surface area contributed by atoms with Gasteiger partial charge < -0.3 is 15.2 Å². The summed E-state index contributed by atoms with van der Waals surface area (Å²) in [6.45, 7) is 3.24. The van der Waals surface area contributed by atoms with E-state index in [-0.39, 0.29) is 30.8 Å². The minimum atomic E-state index is -4.34. The first-order valence-corrected chi connectivity index (χ1v) is 7.11.